The molecule has 40 heavy (non-hydrogen) atoms. The zero-order valence-corrected chi connectivity index (χ0v) is 23.6. The Morgan fingerprint density at radius 2 is 1.82 bits per heavy atom. The third-order valence-corrected chi connectivity index (χ3v) is 6.76. The molecule has 3 N–H and O–H groups in total. The number of benzene rings is 1. The smallest absolute Gasteiger partial charge is 0.286 e. The van der Waals surface area contributed by atoms with Crippen molar-refractivity contribution >= 4 is 29.0 Å². The highest BCUT2D eigenvalue weighted by Gasteiger charge is 2.35. The summed E-state index contributed by atoms with van der Waals surface area (Å²) in [5.74, 6) is -1.25. The number of nitrogens with one attached hydrogen (secondary N) is 1. The van der Waals surface area contributed by atoms with Gasteiger partial charge in [0.1, 0.15) is 18.1 Å². The number of halogens is 1. The molecular formula is C28H30ClN7O4. The average molecular weight is 564 g/mol. The topological polar surface area (TPSA) is 159 Å². The molecule has 1 unspecified atom stereocenters. The molecule has 0 fully saturated rings. The van der Waals surface area contributed by atoms with E-state index in [2.05, 4.69) is 25.5 Å². The number of pyridine rings is 1. The lowest BCUT2D eigenvalue weighted by Crippen LogP contribution is -2.46. The molecule has 1 atom stereocenters. The monoisotopic (exact) mass is 563 g/mol. The number of anilines is 1. The third kappa shape index (κ3) is 5.79. The molecule has 1 amide bonds. The Bertz CT molecular complexity index is 1600. The van der Waals surface area contributed by atoms with Crippen LogP contribution < -0.4 is 16.6 Å². The van der Waals surface area contributed by atoms with Crippen molar-refractivity contribution in [2.45, 2.75) is 52.6 Å². The maximum Gasteiger partial charge on any atom is 0.286 e. The van der Waals surface area contributed by atoms with Gasteiger partial charge in [0.05, 0.1) is 27.9 Å². The van der Waals surface area contributed by atoms with Crippen LogP contribution in [0.5, 0.6) is 0 Å². The van der Waals surface area contributed by atoms with Crippen LogP contribution in [0.25, 0.3) is 11.4 Å². The fourth-order valence-corrected chi connectivity index (χ4v) is 4.20. The zero-order valence-electron chi connectivity index (χ0n) is 22.8. The second kappa shape index (κ2) is 11.4. The van der Waals surface area contributed by atoms with Gasteiger partial charge in [-0.25, -0.2) is 4.98 Å². The van der Waals surface area contributed by atoms with Crippen LogP contribution in [-0.4, -0.2) is 42.5 Å². The number of aryl methyl sites for hydroxylation is 1. The molecular weight excluding hydrogens is 534 g/mol. The van der Waals surface area contributed by atoms with Crippen LogP contribution in [0, 0.1) is 12.8 Å². The van der Waals surface area contributed by atoms with Gasteiger partial charge >= 0.3 is 0 Å². The van der Waals surface area contributed by atoms with Crippen molar-refractivity contribution in [3.8, 4) is 11.4 Å². The molecule has 12 heteroatoms. The normalized spacial score (nSPS) is 12.4. The van der Waals surface area contributed by atoms with Gasteiger partial charge in [0, 0.05) is 11.8 Å². The van der Waals surface area contributed by atoms with Crippen molar-refractivity contribution in [2.24, 2.45) is 5.92 Å². The van der Waals surface area contributed by atoms with Crippen LogP contribution in [0.4, 0.5) is 5.69 Å². The molecule has 4 aromatic rings. The van der Waals surface area contributed by atoms with E-state index in [9.17, 15) is 14.4 Å². The maximum atomic E-state index is 13.4. The highest BCUT2D eigenvalue weighted by Crippen LogP contribution is 2.30. The number of carbonyl (C=O) groups is 2. The highest BCUT2D eigenvalue weighted by atomic mass is 35.5. The minimum Gasteiger partial charge on any atom is -0.417 e. The Hall–Kier alpha value is -4.38. The van der Waals surface area contributed by atoms with E-state index in [0.717, 1.165) is 0 Å². The number of ketones is 1. The summed E-state index contributed by atoms with van der Waals surface area (Å²) < 4.78 is 6.97. The van der Waals surface area contributed by atoms with Crippen molar-refractivity contribution in [1.29, 1.82) is 0 Å². The fraction of sp³-hybridized carbons (Fsp3) is 0.321. The van der Waals surface area contributed by atoms with E-state index in [1.165, 1.54) is 10.8 Å². The van der Waals surface area contributed by atoms with Crippen molar-refractivity contribution < 1.29 is 14.0 Å². The summed E-state index contributed by atoms with van der Waals surface area (Å²) in [6.07, 6.45) is 1.51. The molecule has 0 aliphatic carbocycles. The quantitative estimate of drug-likeness (QED) is 0.290. The number of Topliss-reactive ketones (excluding diaryl/α,β-unsaturated/α-hetero) is 1. The Balaban J connectivity index is 1.58. The van der Waals surface area contributed by atoms with Crippen LogP contribution in [0.1, 0.15) is 55.7 Å². The van der Waals surface area contributed by atoms with Gasteiger partial charge in [-0.05, 0) is 38.8 Å². The second-order valence-corrected chi connectivity index (χ2v) is 10.7. The second-order valence-electron chi connectivity index (χ2n) is 10.2. The zero-order chi connectivity index (χ0) is 29.2. The SMILES string of the molecule is Cc1nc(-c2ccccc2)n(CC(=O)NC(C(=O)c2nnc(C(C)(C)c3ccc(Cl)cn3)o2)C(C)C)c(=O)c1N. The van der Waals surface area contributed by atoms with E-state index < -0.39 is 35.3 Å². The minimum atomic E-state index is -0.996. The minimum absolute atomic E-state index is 0.0554. The number of carbonyl (C=O) groups excluding carboxylic acids is 2. The fourth-order valence-electron chi connectivity index (χ4n) is 4.09. The molecule has 0 aliphatic rings. The summed E-state index contributed by atoms with van der Waals surface area (Å²) >= 11 is 5.95. The Labute approximate surface area is 235 Å². The number of amides is 1. The first kappa shape index (κ1) is 28.6. The molecule has 0 spiro atoms. The summed E-state index contributed by atoms with van der Waals surface area (Å²) in [5.41, 5.74) is 6.16. The largest absolute Gasteiger partial charge is 0.417 e. The Morgan fingerprint density at radius 3 is 2.45 bits per heavy atom. The van der Waals surface area contributed by atoms with E-state index in [1.807, 2.05) is 19.9 Å². The number of aromatic nitrogens is 5. The molecule has 0 radical (unpaired) electrons. The first-order chi connectivity index (χ1) is 18.9. The predicted molar refractivity (Wildman–Crippen MR) is 150 cm³/mol. The Kier molecular flexibility index (Phi) is 8.15. The first-order valence-corrected chi connectivity index (χ1v) is 13.0. The standard InChI is InChI=1S/C28H30ClN7O4/c1-15(2)22(23(38)25-34-35-27(40-25)28(4,5)19-12-11-18(29)13-31-19)33-20(37)14-36-24(17-9-7-6-8-10-17)32-16(3)21(30)26(36)39/h6-13,15,22H,14,30H2,1-5H3,(H,33,37). The summed E-state index contributed by atoms with van der Waals surface area (Å²) in [5, 5.41) is 11.2. The lowest BCUT2D eigenvalue weighted by atomic mass is 9.89. The predicted octanol–water partition coefficient (Wildman–Crippen LogP) is 3.58. The molecule has 208 valence electrons. The van der Waals surface area contributed by atoms with Crippen molar-refractivity contribution in [3.05, 3.63) is 87.2 Å². The molecule has 4 rings (SSSR count). The lowest BCUT2D eigenvalue weighted by Gasteiger charge is -2.21. The summed E-state index contributed by atoms with van der Waals surface area (Å²) in [6.45, 7) is 8.43. The van der Waals surface area contributed by atoms with E-state index in [4.69, 9.17) is 21.8 Å². The van der Waals surface area contributed by atoms with Crippen LogP contribution in [0.3, 0.4) is 0 Å². The van der Waals surface area contributed by atoms with E-state index in [1.54, 1.807) is 57.2 Å². The van der Waals surface area contributed by atoms with Gasteiger partial charge in [0.25, 0.3) is 11.4 Å². The van der Waals surface area contributed by atoms with Crippen molar-refractivity contribution in [2.75, 3.05) is 5.73 Å². The number of hydrogen-bond donors (Lipinski definition) is 2. The number of rotatable bonds is 9. The maximum absolute atomic E-state index is 13.4. The number of hydrogen-bond acceptors (Lipinski definition) is 9. The van der Waals surface area contributed by atoms with Crippen molar-refractivity contribution in [3.63, 3.8) is 0 Å². The average Bonchev–Trinajstić information content (AvgIpc) is 3.44. The summed E-state index contributed by atoms with van der Waals surface area (Å²) in [4.78, 5) is 48.4. The summed E-state index contributed by atoms with van der Waals surface area (Å²) in [7, 11) is 0. The van der Waals surface area contributed by atoms with Gasteiger partial charge in [-0.3, -0.25) is 23.9 Å². The molecule has 3 heterocycles. The molecule has 0 bridgehead atoms. The van der Waals surface area contributed by atoms with Gasteiger partial charge in [0.15, 0.2) is 0 Å². The number of nitrogen functional groups attached to an aromatic ring is 1. The molecule has 3 aromatic heterocycles. The number of nitrogens with zero attached hydrogens (tertiary/aromatic N) is 5. The van der Waals surface area contributed by atoms with Crippen LogP contribution in [-0.2, 0) is 16.8 Å². The molecule has 0 aliphatic heterocycles. The van der Waals surface area contributed by atoms with Crippen molar-refractivity contribution in [1.82, 2.24) is 30.0 Å². The molecule has 0 saturated carbocycles. The summed E-state index contributed by atoms with van der Waals surface area (Å²) in [6, 6.07) is 11.4. The van der Waals surface area contributed by atoms with Gasteiger partial charge in [-0.1, -0.05) is 55.8 Å². The molecule has 11 nitrogen and oxygen atoms in total. The van der Waals surface area contributed by atoms with E-state index in [0.29, 0.717) is 27.8 Å². The van der Waals surface area contributed by atoms with Gasteiger partial charge in [-0.2, -0.15) is 0 Å². The van der Waals surface area contributed by atoms with Crippen LogP contribution in [0.15, 0.2) is 57.9 Å². The van der Waals surface area contributed by atoms with E-state index >= 15 is 0 Å². The van der Waals surface area contributed by atoms with E-state index in [-0.39, 0.29) is 23.4 Å². The van der Waals surface area contributed by atoms with Gasteiger partial charge in [0.2, 0.25) is 17.6 Å². The van der Waals surface area contributed by atoms with Crippen LogP contribution in [0.2, 0.25) is 5.02 Å². The first-order valence-electron chi connectivity index (χ1n) is 12.6. The third-order valence-electron chi connectivity index (χ3n) is 6.53. The molecule has 1 aromatic carbocycles. The molecule has 0 saturated heterocycles. The lowest BCUT2D eigenvalue weighted by molar-refractivity contribution is -0.122. The van der Waals surface area contributed by atoms with Gasteiger partial charge < -0.3 is 15.5 Å². The van der Waals surface area contributed by atoms with Gasteiger partial charge in [-0.15, -0.1) is 10.2 Å². The van der Waals surface area contributed by atoms with Crippen LogP contribution >= 0.6 is 11.6 Å². The number of nitrogens with two attached hydrogens (primary N) is 1. The highest BCUT2D eigenvalue weighted by molar-refractivity contribution is 6.30. The Morgan fingerprint density at radius 1 is 1.12 bits per heavy atom.